The maximum Gasteiger partial charge on any atom is 0.139 e. The van der Waals surface area contributed by atoms with Crippen LogP contribution >= 0.6 is 0 Å². The molecule has 2 aliphatic rings. The van der Waals surface area contributed by atoms with E-state index in [0.717, 1.165) is 36.8 Å². The first-order chi connectivity index (χ1) is 18.0. The van der Waals surface area contributed by atoms with Crippen LogP contribution in [0.3, 0.4) is 0 Å². The lowest BCUT2D eigenvalue weighted by Crippen LogP contribution is -2.27. The highest BCUT2D eigenvalue weighted by molar-refractivity contribution is 5.64. The molecule has 1 aliphatic heterocycles. The van der Waals surface area contributed by atoms with Crippen LogP contribution in [0.15, 0.2) is 48.9 Å². The number of nitrogens with zero attached hydrogens (tertiary/aromatic N) is 4. The van der Waals surface area contributed by atoms with Crippen molar-refractivity contribution in [2.45, 2.75) is 56.6 Å². The smallest absolute Gasteiger partial charge is 0.139 e. The number of nitrogens with two attached hydrogens (primary N) is 1. The number of imidazole rings is 1. The number of hydrogen-bond acceptors (Lipinski definition) is 6. The number of rotatable bonds is 6. The van der Waals surface area contributed by atoms with E-state index in [1.807, 2.05) is 12.4 Å². The lowest BCUT2D eigenvalue weighted by molar-refractivity contribution is 0.141. The van der Waals surface area contributed by atoms with E-state index in [9.17, 15) is 0 Å². The van der Waals surface area contributed by atoms with Gasteiger partial charge < -0.3 is 15.2 Å². The lowest BCUT2D eigenvalue weighted by Gasteiger charge is -2.28. The van der Waals surface area contributed by atoms with Gasteiger partial charge in [-0.15, -0.1) is 0 Å². The van der Waals surface area contributed by atoms with Gasteiger partial charge in [0, 0.05) is 43.4 Å². The molecule has 0 radical (unpaired) electrons. The van der Waals surface area contributed by atoms with Crippen molar-refractivity contribution < 1.29 is 18.3 Å². The molecule has 6 rings (SSSR count). The second-order valence-corrected chi connectivity index (χ2v) is 9.97. The third-order valence-corrected chi connectivity index (χ3v) is 7.36. The Kier molecular flexibility index (Phi) is 6.56. The molecule has 3 atom stereocenters. The molecule has 0 amide bonds. The summed E-state index contributed by atoms with van der Waals surface area (Å²) in [4.78, 5) is 8.92. The maximum absolute atomic E-state index is 15.1. The largest absolute Gasteiger partial charge is 0.488 e. The van der Waals surface area contributed by atoms with E-state index in [1.165, 1.54) is 17.7 Å². The summed E-state index contributed by atoms with van der Waals surface area (Å²) in [5.41, 5.74) is 9.28. The van der Waals surface area contributed by atoms with Crippen molar-refractivity contribution in [3.8, 4) is 17.0 Å². The van der Waals surface area contributed by atoms with E-state index in [-0.39, 0.29) is 29.2 Å². The number of aromatic nitrogens is 4. The Hall–Kier alpha value is -3.43. The fourth-order valence-electron chi connectivity index (χ4n) is 5.51. The average molecular weight is 506 g/mol. The number of ether oxygens (including phenoxy) is 2. The first kappa shape index (κ1) is 23.9. The van der Waals surface area contributed by atoms with E-state index in [0.29, 0.717) is 37.8 Å². The molecular formula is C28H29F2N5O2. The van der Waals surface area contributed by atoms with Gasteiger partial charge in [-0.25, -0.2) is 18.3 Å². The van der Waals surface area contributed by atoms with Gasteiger partial charge in [0.1, 0.15) is 29.3 Å². The summed E-state index contributed by atoms with van der Waals surface area (Å²) < 4.78 is 42.8. The Bertz CT molecular complexity index is 1400. The minimum absolute atomic E-state index is 0.144. The number of pyridine rings is 1. The first-order valence-corrected chi connectivity index (χ1v) is 12.8. The van der Waals surface area contributed by atoms with Gasteiger partial charge in [0.15, 0.2) is 0 Å². The normalized spacial score (nSPS) is 22.0. The molecule has 0 bridgehead atoms. The van der Waals surface area contributed by atoms with Crippen LogP contribution in [0.4, 0.5) is 8.78 Å². The molecule has 2 fully saturated rings. The second-order valence-electron chi connectivity index (χ2n) is 9.97. The Morgan fingerprint density at radius 1 is 1.08 bits per heavy atom. The predicted octanol–water partition coefficient (Wildman–Crippen LogP) is 4.81. The molecule has 0 spiro atoms. The summed E-state index contributed by atoms with van der Waals surface area (Å²) in [6.45, 7) is 0.998. The predicted molar refractivity (Wildman–Crippen MR) is 134 cm³/mol. The first-order valence-electron chi connectivity index (χ1n) is 12.8. The van der Waals surface area contributed by atoms with Gasteiger partial charge in [0.05, 0.1) is 36.2 Å². The third kappa shape index (κ3) is 4.93. The molecule has 4 heterocycles. The Balaban J connectivity index is 1.31. The molecule has 1 aromatic carbocycles. The Morgan fingerprint density at radius 3 is 2.73 bits per heavy atom. The summed E-state index contributed by atoms with van der Waals surface area (Å²) in [6.07, 6.45) is 10.6. The molecule has 1 aliphatic carbocycles. The van der Waals surface area contributed by atoms with Crippen molar-refractivity contribution in [1.29, 1.82) is 0 Å². The molecule has 4 aromatic rings. The fraction of sp³-hybridized carbons (Fsp3) is 0.393. The van der Waals surface area contributed by atoms with Crippen LogP contribution in [-0.2, 0) is 11.2 Å². The molecule has 1 saturated carbocycles. The van der Waals surface area contributed by atoms with Crippen LogP contribution in [-0.4, -0.2) is 44.9 Å². The minimum atomic E-state index is -0.731. The number of benzene rings is 1. The summed E-state index contributed by atoms with van der Waals surface area (Å²) in [6, 6.07) is 8.06. The highest BCUT2D eigenvalue weighted by Crippen LogP contribution is 2.35. The Labute approximate surface area is 213 Å². The van der Waals surface area contributed by atoms with Gasteiger partial charge in [0.2, 0.25) is 0 Å². The molecular weight excluding hydrogens is 476 g/mol. The van der Waals surface area contributed by atoms with E-state index in [4.69, 9.17) is 15.2 Å². The van der Waals surface area contributed by atoms with Gasteiger partial charge >= 0.3 is 0 Å². The highest BCUT2D eigenvalue weighted by Gasteiger charge is 2.24. The van der Waals surface area contributed by atoms with Crippen LogP contribution < -0.4 is 10.5 Å². The molecule has 1 saturated heterocycles. The van der Waals surface area contributed by atoms with Crippen LogP contribution in [0, 0.1) is 11.6 Å². The Morgan fingerprint density at radius 2 is 1.95 bits per heavy atom. The van der Waals surface area contributed by atoms with E-state index < -0.39 is 11.6 Å². The number of hydrogen-bond donors (Lipinski definition) is 1. The second kappa shape index (κ2) is 10.1. The van der Waals surface area contributed by atoms with Crippen LogP contribution in [0.1, 0.15) is 55.0 Å². The van der Waals surface area contributed by atoms with E-state index >= 15 is 8.78 Å². The molecule has 2 N–H and O–H groups in total. The zero-order valence-corrected chi connectivity index (χ0v) is 20.4. The van der Waals surface area contributed by atoms with Gasteiger partial charge in [-0.3, -0.25) is 4.98 Å². The van der Waals surface area contributed by atoms with Crippen molar-refractivity contribution in [3.05, 3.63) is 77.5 Å². The SMILES string of the molecule is N[C@H]1CCC[C@@H](c2ccncc2Cc2ncc3ccc(-c4c(F)cc(OC5CCOC5)cc4F)nn23)C1. The summed E-state index contributed by atoms with van der Waals surface area (Å²) >= 11 is 0. The quantitative estimate of drug-likeness (QED) is 0.405. The summed E-state index contributed by atoms with van der Waals surface area (Å²) in [7, 11) is 0. The molecule has 7 nitrogen and oxygen atoms in total. The van der Waals surface area contributed by atoms with E-state index in [1.54, 1.807) is 22.8 Å². The standard InChI is InChI=1S/C28H29F2N5O2/c29-24-12-22(37-21-7-9-36-16-21)13-25(30)28(24)26-5-4-20-15-33-27(35(20)34-26)11-18-14-32-8-6-23(18)17-2-1-3-19(31)10-17/h4-6,8,12-15,17,19,21H,1-3,7,9-11,16,31H2/t17-,19+,21?/m1/s1. The molecule has 37 heavy (non-hydrogen) atoms. The summed E-state index contributed by atoms with van der Waals surface area (Å²) in [5, 5.41) is 4.58. The monoisotopic (exact) mass is 505 g/mol. The van der Waals surface area contributed by atoms with Crippen molar-refractivity contribution in [3.63, 3.8) is 0 Å². The fourth-order valence-corrected chi connectivity index (χ4v) is 5.51. The van der Waals surface area contributed by atoms with E-state index in [2.05, 4.69) is 21.1 Å². The molecule has 9 heteroatoms. The van der Waals surface area contributed by atoms with Gasteiger partial charge in [-0.05, 0) is 54.5 Å². The molecule has 3 aromatic heterocycles. The van der Waals surface area contributed by atoms with Crippen molar-refractivity contribution >= 4 is 5.52 Å². The highest BCUT2D eigenvalue weighted by atomic mass is 19.1. The van der Waals surface area contributed by atoms with Crippen molar-refractivity contribution in [1.82, 2.24) is 19.6 Å². The van der Waals surface area contributed by atoms with Crippen molar-refractivity contribution in [2.75, 3.05) is 13.2 Å². The van der Waals surface area contributed by atoms with Crippen LogP contribution in [0.25, 0.3) is 16.8 Å². The lowest BCUT2D eigenvalue weighted by atomic mass is 9.80. The van der Waals surface area contributed by atoms with Crippen molar-refractivity contribution in [2.24, 2.45) is 5.73 Å². The average Bonchev–Trinajstić information content (AvgIpc) is 3.54. The van der Waals surface area contributed by atoms with Crippen LogP contribution in [0.5, 0.6) is 5.75 Å². The number of halogens is 2. The minimum Gasteiger partial charge on any atom is -0.488 e. The third-order valence-electron chi connectivity index (χ3n) is 7.36. The molecule has 1 unspecified atom stereocenters. The molecule has 192 valence electrons. The number of fused-ring (bicyclic) bond motifs is 1. The zero-order chi connectivity index (χ0) is 25.4. The maximum atomic E-state index is 15.1. The van der Waals surface area contributed by atoms with Crippen LogP contribution in [0.2, 0.25) is 0 Å². The topological polar surface area (TPSA) is 87.6 Å². The zero-order valence-electron chi connectivity index (χ0n) is 20.4. The summed E-state index contributed by atoms with van der Waals surface area (Å²) in [5.74, 6) is -0.258. The van der Waals surface area contributed by atoms with Gasteiger partial charge in [0.25, 0.3) is 0 Å². The van der Waals surface area contributed by atoms with Gasteiger partial charge in [-0.2, -0.15) is 5.10 Å². The van der Waals surface area contributed by atoms with Gasteiger partial charge in [-0.1, -0.05) is 6.42 Å².